The fourth-order valence-corrected chi connectivity index (χ4v) is 1.39. The quantitative estimate of drug-likeness (QED) is 0.847. The number of benzene rings is 1. The Balaban J connectivity index is 2.59. The summed E-state index contributed by atoms with van der Waals surface area (Å²) in [6.07, 6.45) is 1.05. The Hall–Kier alpha value is -1.02. The molecule has 0 aliphatic carbocycles. The number of rotatable bonds is 4. The fraction of sp³-hybridized carbons (Fsp3) is 0.571. The van der Waals surface area contributed by atoms with Gasteiger partial charge in [-0.3, -0.25) is 0 Å². The van der Waals surface area contributed by atoms with Gasteiger partial charge < -0.3 is 10.5 Å². The Labute approximate surface area is 98.8 Å². The zero-order valence-electron chi connectivity index (χ0n) is 10.8. The molecule has 2 nitrogen and oxygen atoms in total. The van der Waals surface area contributed by atoms with E-state index < -0.39 is 0 Å². The van der Waals surface area contributed by atoms with Gasteiger partial charge in [0.2, 0.25) is 0 Å². The van der Waals surface area contributed by atoms with Gasteiger partial charge in [0.1, 0.15) is 5.75 Å². The van der Waals surface area contributed by atoms with Crippen LogP contribution in [0.4, 0.5) is 0 Å². The molecule has 0 atom stereocenters. The summed E-state index contributed by atoms with van der Waals surface area (Å²) in [5, 5.41) is 0. The van der Waals surface area contributed by atoms with E-state index in [0.29, 0.717) is 12.0 Å². The molecule has 0 saturated carbocycles. The maximum Gasteiger partial charge on any atom is 0.122 e. The van der Waals surface area contributed by atoms with E-state index in [2.05, 4.69) is 33.8 Å². The van der Waals surface area contributed by atoms with Crippen molar-refractivity contribution in [2.45, 2.75) is 40.7 Å². The molecule has 1 rings (SSSR count). The van der Waals surface area contributed by atoms with E-state index in [0.717, 1.165) is 24.3 Å². The minimum absolute atomic E-state index is 0.319. The molecule has 0 unspecified atom stereocenters. The van der Waals surface area contributed by atoms with Gasteiger partial charge in [-0.15, -0.1) is 0 Å². The van der Waals surface area contributed by atoms with Crippen LogP contribution in [0, 0.1) is 12.3 Å². The van der Waals surface area contributed by atoms with Gasteiger partial charge >= 0.3 is 0 Å². The highest BCUT2D eigenvalue weighted by Crippen LogP contribution is 2.22. The molecule has 90 valence electrons. The number of nitrogens with two attached hydrogens (primary N) is 1. The molecule has 0 fully saturated rings. The molecule has 0 aliphatic heterocycles. The zero-order valence-corrected chi connectivity index (χ0v) is 10.8. The molecule has 0 amide bonds. The van der Waals surface area contributed by atoms with Gasteiger partial charge in [0.15, 0.2) is 0 Å². The first kappa shape index (κ1) is 13.0. The maximum absolute atomic E-state index is 5.80. The van der Waals surface area contributed by atoms with Gasteiger partial charge in [-0.05, 0) is 36.0 Å². The Kier molecular flexibility index (Phi) is 4.36. The summed E-state index contributed by atoms with van der Waals surface area (Å²) in [5.41, 5.74) is 8.22. The lowest BCUT2D eigenvalue weighted by Crippen LogP contribution is -2.11. The summed E-state index contributed by atoms with van der Waals surface area (Å²) >= 11 is 0. The first-order chi connectivity index (χ1) is 7.42. The van der Waals surface area contributed by atoms with Crippen molar-refractivity contribution in [2.75, 3.05) is 6.61 Å². The van der Waals surface area contributed by atoms with Crippen molar-refractivity contribution in [1.29, 1.82) is 0 Å². The highest BCUT2D eigenvalue weighted by molar-refractivity contribution is 5.36. The summed E-state index contributed by atoms with van der Waals surface area (Å²) in [4.78, 5) is 0. The minimum atomic E-state index is 0.319. The van der Waals surface area contributed by atoms with Crippen LogP contribution in [0.5, 0.6) is 5.75 Å². The van der Waals surface area contributed by atoms with E-state index in [1.807, 2.05) is 12.1 Å². The topological polar surface area (TPSA) is 35.2 Å². The summed E-state index contributed by atoms with van der Waals surface area (Å²) < 4.78 is 5.80. The molecule has 1 aromatic rings. The molecule has 16 heavy (non-hydrogen) atoms. The highest BCUT2D eigenvalue weighted by Gasteiger charge is 2.10. The Morgan fingerprint density at radius 3 is 2.50 bits per heavy atom. The van der Waals surface area contributed by atoms with Crippen LogP contribution >= 0.6 is 0 Å². The van der Waals surface area contributed by atoms with E-state index in [-0.39, 0.29) is 0 Å². The maximum atomic E-state index is 5.80. The average Bonchev–Trinajstić information content (AvgIpc) is 2.19. The lowest BCUT2D eigenvalue weighted by molar-refractivity contribution is 0.242. The Bertz CT molecular complexity index is 339. The lowest BCUT2D eigenvalue weighted by Gasteiger charge is -2.19. The molecule has 0 saturated heterocycles. The fourth-order valence-electron chi connectivity index (χ4n) is 1.39. The predicted molar refractivity (Wildman–Crippen MR) is 68.6 cm³/mol. The van der Waals surface area contributed by atoms with Crippen molar-refractivity contribution >= 4 is 0 Å². The first-order valence-corrected chi connectivity index (χ1v) is 5.85. The Morgan fingerprint density at radius 1 is 1.25 bits per heavy atom. The SMILES string of the molecule is Cc1ccc(CN)cc1OCCC(C)(C)C. The van der Waals surface area contributed by atoms with E-state index in [1.165, 1.54) is 5.56 Å². The highest BCUT2D eigenvalue weighted by atomic mass is 16.5. The molecule has 0 aromatic heterocycles. The second-order valence-electron chi connectivity index (χ2n) is 5.46. The summed E-state index contributed by atoms with van der Waals surface area (Å²) in [6, 6.07) is 6.15. The molecular weight excluding hydrogens is 198 g/mol. The summed E-state index contributed by atoms with van der Waals surface area (Å²) in [6.45, 7) is 10.1. The van der Waals surface area contributed by atoms with Crippen LogP contribution in [-0.2, 0) is 6.54 Å². The van der Waals surface area contributed by atoms with Crippen LogP contribution in [0.15, 0.2) is 18.2 Å². The average molecular weight is 221 g/mol. The minimum Gasteiger partial charge on any atom is -0.493 e. The first-order valence-electron chi connectivity index (χ1n) is 5.85. The predicted octanol–water partition coefficient (Wildman–Crippen LogP) is 3.27. The molecule has 2 heteroatoms. The van der Waals surface area contributed by atoms with Crippen molar-refractivity contribution in [3.63, 3.8) is 0 Å². The molecular formula is C14H23NO. The van der Waals surface area contributed by atoms with Crippen LogP contribution in [0.2, 0.25) is 0 Å². The number of hydrogen-bond acceptors (Lipinski definition) is 2. The van der Waals surface area contributed by atoms with E-state index in [9.17, 15) is 0 Å². The van der Waals surface area contributed by atoms with Crippen molar-refractivity contribution < 1.29 is 4.74 Å². The number of hydrogen-bond donors (Lipinski definition) is 1. The zero-order chi connectivity index (χ0) is 12.2. The van der Waals surface area contributed by atoms with E-state index in [1.54, 1.807) is 0 Å². The van der Waals surface area contributed by atoms with Gasteiger partial charge in [0.25, 0.3) is 0 Å². The van der Waals surface area contributed by atoms with Gasteiger partial charge in [-0.25, -0.2) is 0 Å². The lowest BCUT2D eigenvalue weighted by atomic mass is 9.93. The van der Waals surface area contributed by atoms with Crippen molar-refractivity contribution in [1.82, 2.24) is 0 Å². The third-order valence-corrected chi connectivity index (χ3v) is 2.60. The second kappa shape index (κ2) is 5.35. The standard InChI is InChI=1S/C14H23NO/c1-11-5-6-12(10-15)9-13(11)16-8-7-14(2,3)4/h5-6,9H,7-8,10,15H2,1-4H3. The van der Waals surface area contributed by atoms with Crippen LogP contribution in [0.3, 0.4) is 0 Å². The normalized spacial score (nSPS) is 11.6. The van der Waals surface area contributed by atoms with Crippen molar-refractivity contribution in [3.8, 4) is 5.75 Å². The largest absolute Gasteiger partial charge is 0.493 e. The number of ether oxygens (including phenoxy) is 1. The Morgan fingerprint density at radius 2 is 1.94 bits per heavy atom. The van der Waals surface area contributed by atoms with E-state index in [4.69, 9.17) is 10.5 Å². The van der Waals surface area contributed by atoms with E-state index >= 15 is 0 Å². The number of aryl methyl sites for hydroxylation is 1. The summed E-state index contributed by atoms with van der Waals surface area (Å²) in [5.74, 6) is 0.965. The molecule has 0 heterocycles. The molecule has 2 N–H and O–H groups in total. The van der Waals surface area contributed by atoms with Crippen molar-refractivity contribution in [2.24, 2.45) is 11.1 Å². The van der Waals surface area contributed by atoms with Gasteiger partial charge in [0.05, 0.1) is 6.61 Å². The molecule has 1 aromatic carbocycles. The van der Waals surface area contributed by atoms with Gasteiger partial charge in [-0.1, -0.05) is 32.9 Å². The molecule has 0 bridgehead atoms. The van der Waals surface area contributed by atoms with Gasteiger partial charge in [0, 0.05) is 6.54 Å². The third kappa shape index (κ3) is 4.23. The third-order valence-electron chi connectivity index (χ3n) is 2.60. The monoisotopic (exact) mass is 221 g/mol. The second-order valence-corrected chi connectivity index (χ2v) is 5.46. The van der Waals surface area contributed by atoms with Crippen LogP contribution < -0.4 is 10.5 Å². The van der Waals surface area contributed by atoms with Crippen LogP contribution in [-0.4, -0.2) is 6.61 Å². The molecule has 0 radical (unpaired) electrons. The van der Waals surface area contributed by atoms with Gasteiger partial charge in [-0.2, -0.15) is 0 Å². The van der Waals surface area contributed by atoms with Crippen LogP contribution in [0.25, 0.3) is 0 Å². The van der Waals surface area contributed by atoms with Crippen molar-refractivity contribution in [3.05, 3.63) is 29.3 Å². The molecule has 0 spiro atoms. The van der Waals surface area contributed by atoms with Crippen LogP contribution in [0.1, 0.15) is 38.3 Å². The summed E-state index contributed by atoms with van der Waals surface area (Å²) in [7, 11) is 0. The molecule has 0 aliphatic rings. The smallest absolute Gasteiger partial charge is 0.122 e.